The Morgan fingerprint density at radius 2 is 2.10 bits per heavy atom. The van der Waals surface area contributed by atoms with E-state index in [2.05, 4.69) is 81.1 Å². The Kier molecular flexibility index (Phi) is 8.18. The molecule has 0 saturated carbocycles. The van der Waals surface area contributed by atoms with Crippen LogP contribution in [0.5, 0.6) is 0 Å². The second-order valence-corrected chi connectivity index (χ2v) is 8.01. The molecule has 2 atom stereocenters. The van der Waals surface area contributed by atoms with Crippen molar-refractivity contribution in [2.24, 2.45) is 10.9 Å². The van der Waals surface area contributed by atoms with Gasteiger partial charge in [0.25, 0.3) is 0 Å². The molecule has 4 rings (SSSR count). The molecule has 2 unspecified atom stereocenters. The van der Waals surface area contributed by atoms with E-state index in [-0.39, 0.29) is 24.0 Å². The van der Waals surface area contributed by atoms with Crippen LogP contribution in [0.25, 0.3) is 0 Å². The lowest BCUT2D eigenvalue weighted by molar-refractivity contribution is 0.189. The highest BCUT2D eigenvalue weighted by atomic mass is 127. The van der Waals surface area contributed by atoms with Gasteiger partial charge < -0.3 is 19.7 Å². The fourth-order valence-corrected chi connectivity index (χ4v) is 4.23. The summed E-state index contributed by atoms with van der Waals surface area (Å²) in [6, 6.07) is 9.20. The SMILES string of the molecule is CCNC(=NCc1cccc(N2CC=CC2)c1)N1CCC(C)C(n2ccnc2)C1.I. The van der Waals surface area contributed by atoms with E-state index in [1.165, 1.54) is 11.3 Å². The first kappa shape index (κ1) is 22.7. The van der Waals surface area contributed by atoms with Gasteiger partial charge in [0.05, 0.1) is 18.9 Å². The van der Waals surface area contributed by atoms with Crippen LogP contribution >= 0.6 is 24.0 Å². The minimum atomic E-state index is 0. The van der Waals surface area contributed by atoms with Gasteiger partial charge in [0.2, 0.25) is 0 Å². The highest BCUT2D eigenvalue weighted by Gasteiger charge is 2.28. The van der Waals surface area contributed by atoms with Gasteiger partial charge in [-0.05, 0) is 37.0 Å². The number of benzene rings is 1. The second kappa shape index (κ2) is 10.8. The quantitative estimate of drug-likeness (QED) is 0.281. The van der Waals surface area contributed by atoms with Crippen molar-refractivity contribution in [3.8, 4) is 0 Å². The fraction of sp³-hybridized carbons (Fsp3) is 0.478. The van der Waals surface area contributed by atoms with Crippen LogP contribution in [-0.2, 0) is 6.54 Å². The van der Waals surface area contributed by atoms with Crippen molar-refractivity contribution in [2.45, 2.75) is 32.9 Å². The maximum absolute atomic E-state index is 4.99. The molecule has 0 bridgehead atoms. The van der Waals surface area contributed by atoms with Crippen molar-refractivity contribution in [3.05, 3.63) is 60.7 Å². The van der Waals surface area contributed by atoms with Gasteiger partial charge in [-0.1, -0.05) is 31.2 Å². The van der Waals surface area contributed by atoms with Crippen LogP contribution in [0.4, 0.5) is 5.69 Å². The lowest BCUT2D eigenvalue weighted by atomic mass is 9.93. The number of imidazole rings is 1. The summed E-state index contributed by atoms with van der Waals surface area (Å²) in [4.78, 5) is 14.0. The van der Waals surface area contributed by atoms with Crippen molar-refractivity contribution in [1.82, 2.24) is 19.8 Å². The van der Waals surface area contributed by atoms with E-state index in [9.17, 15) is 0 Å². The topological polar surface area (TPSA) is 48.7 Å². The number of guanidine groups is 1. The number of piperidine rings is 1. The first-order valence-electron chi connectivity index (χ1n) is 10.7. The average Bonchev–Trinajstić information content (AvgIpc) is 3.46. The van der Waals surface area contributed by atoms with Gasteiger partial charge in [0.1, 0.15) is 0 Å². The van der Waals surface area contributed by atoms with Gasteiger partial charge in [-0.3, -0.25) is 0 Å². The molecule has 0 amide bonds. The summed E-state index contributed by atoms with van der Waals surface area (Å²) in [7, 11) is 0. The molecule has 2 aliphatic heterocycles. The van der Waals surface area contributed by atoms with Gasteiger partial charge in [0, 0.05) is 50.8 Å². The van der Waals surface area contributed by atoms with Crippen molar-refractivity contribution in [1.29, 1.82) is 0 Å². The molecule has 7 heteroatoms. The molecular formula is C23H33IN6. The number of aromatic nitrogens is 2. The molecule has 6 nitrogen and oxygen atoms in total. The molecule has 162 valence electrons. The van der Waals surface area contributed by atoms with Crippen LogP contribution < -0.4 is 10.2 Å². The van der Waals surface area contributed by atoms with Gasteiger partial charge in [0.15, 0.2) is 5.96 Å². The Labute approximate surface area is 197 Å². The van der Waals surface area contributed by atoms with Crippen LogP contribution in [-0.4, -0.2) is 53.1 Å². The van der Waals surface area contributed by atoms with E-state index >= 15 is 0 Å². The van der Waals surface area contributed by atoms with E-state index in [1.807, 2.05) is 12.5 Å². The summed E-state index contributed by atoms with van der Waals surface area (Å²) in [5, 5.41) is 3.50. The Morgan fingerprint density at radius 1 is 1.27 bits per heavy atom. The van der Waals surface area contributed by atoms with Crippen molar-refractivity contribution >= 4 is 35.6 Å². The number of rotatable bonds is 5. The first-order valence-corrected chi connectivity index (χ1v) is 10.7. The highest BCUT2D eigenvalue weighted by Crippen LogP contribution is 2.27. The Hall–Kier alpha value is -2.03. The predicted octanol–water partition coefficient (Wildman–Crippen LogP) is 3.93. The van der Waals surface area contributed by atoms with Crippen LogP contribution in [0.1, 0.15) is 31.9 Å². The average molecular weight is 520 g/mol. The van der Waals surface area contributed by atoms with Crippen molar-refractivity contribution in [2.75, 3.05) is 37.6 Å². The summed E-state index contributed by atoms with van der Waals surface area (Å²) in [6.45, 7) is 10.0. The number of aliphatic imine (C=N–C) groups is 1. The molecule has 1 aromatic carbocycles. The van der Waals surface area contributed by atoms with Crippen LogP contribution in [0, 0.1) is 5.92 Å². The second-order valence-electron chi connectivity index (χ2n) is 8.01. The third-order valence-corrected chi connectivity index (χ3v) is 5.97. The zero-order valence-electron chi connectivity index (χ0n) is 17.9. The fourth-order valence-electron chi connectivity index (χ4n) is 4.23. The molecule has 2 aliphatic rings. The molecule has 0 radical (unpaired) electrons. The molecule has 2 aromatic rings. The number of hydrogen-bond donors (Lipinski definition) is 1. The van der Waals surface area contributed by atoms with Crippen LogP contribution in [0.3, 0.4) is 0 Å². The zero-order valence-corrected chi connectivity index (χ0v) is 20.3. The summed E-state index contributed by atoms with van der Waals surface area (Å²) in [5.41, 5.74) is 2.53. The van der Waals surface area contributed by atoms with Crippen LogP contribution in [0.2, 0.25) is 0 Å². The van der Waals surface area contributed by atoms with Gasteiger partial charge in [-0.15, -0.1) is 24.0 Å². The van der Waals surface area contributed by atoms with Crippen molar-refractivity contribution < 1.29 is 0 Å². The number of anilines is 1. The summed E-state index contributed by atoms with van der Waals surface area (Å²) >= 11 is 0. The third kappa shape index (κ3) is 5.36. The van der Waals surface area contributed by atoms with E-state index in [4.69, 9.17) is 4.99 Å². The Balaban J connectivity index is 0.00000256. The van der Waals surface area contributed by atoms with Crippen molar-refractivity contribution in [3.63, 3.8) is 0 Å². The minimum absolute atomic E-state index is 0. The number of halogens is 1. The molecule has 1 N–H and O–H groups in total. The maximum atomic E-state index is 4.99. The molecule has 0 spiro atoms. The van der Waals surface area contributed by atoms with E-state index in [0.717, 1.165) is 45.1 Å². The lowest BCUT2D eigenvalue weighted by Crippen LogP contribution is -2.49. The minimum Gasteiger partial charge on any atom is -0.364 e. The van der Waals surface area contributed by atoms with Gasteiger partial charge in [-0.2, -0.15) is 0 Å². The number of nitrogens with zero attached hydrogens (tertiary/aromatic N) is 5. The molecule has 30 heavy (non-hydrogen) atoms. The maximum Gasteiger partial charge on any atom is 0.194 e. The van der Waals surface area contributed by atoms with Crippen LogP contribution in [0.15, 0.2) is 60.1 Å². The summed E-state index contributed by atoms with van der Waals surface area (Å²) < 4.78 is 2.24. The molecule has 1 aromatic heterocycles. The zero-order chi connectivity index (χ0) is 20.1. The van der Waals surface area contributed by atoms with E-state index < -0.39 is 0 Å². The molecule has 1 fully saturated rings. The van der Waals surface area contributed by atoms with E-state index in [1.54, 1.807) is 0 Å². The van der Waals surface area contributed by atoms with Gasteiger partial charge in [-0.25, -0.2) is 9.98 Å². The molecule has 1 saturated heterocycles. The smallest absolute Gasteiger partial charge is 0.194 e. The summed E-state index contributed by atoms with van der Waals surface area (Å²) in [6.07, 6.45) is 11.5. The number of nitrogens with one attached hydrogen (secondary N) is 1. The number of likely N-dealkylation sites (tertiary alicyclic amines) is 1. The molecule has 0 aliphatic carbocycles. The molecule has 3 heterocycles. The largest absolute Gasteiger partial charge is 0.364 e. The lowest BCUT2D eigenvalue weighted by Gasteiger charge is -2.39. The standard InChI is InChI=1S/C23H32N6.HI/c1-3-25-23(28-13-9-19(2)22(17-28)29-14-10-24-18-29)26-16-20-7-6-8-21(15-20)27-11-4-5-12-27;/h4-8,10,14-15,18-19,22H,3,9,11-13,16-17H2,1-2H3,(H,25,26);1H. The Morgan fingerprint density at radius 3 is 2.83 bits per heavy atom. The number of hydrogen-bond acceptors (Lipinski definition) is 3. The van der Waals surface area contributed by atoms with Gasteiger partial charge >= 0.3 is 0 Å². The monoisotopic (exact) mass is 520 g/mol. The normalized spacial score (nSPS) is 21.6. The highest BCUT2D eigenvalue weighted by molar-refractivity contribution is 14.0. The molecular weight excluding hydrogens is 487 g/mol. The predicted molar refractivity (Wildman–Crippen MR) is 135 cm³/mol. The summed E-state index contributed by atoms with van der Waals surface area (Å²) in [5.74, 6) is 1.65. The van der Waals surface area contributed by atoms with E-state index in [0.29, 0.717) is 18.5 Å². The Bertz CT molecular complexity index is 839. The third-order valence-electron chi connectivity index (χ3n) is 5.97. The first-order chi connectivity index (χ1) is 14.2.